The Hall–Kier alpha value is -0.920. The van der Waals surface area contributed by atoms with Crippen LogP contribution < -0.4 is 0 Å². The zero-order valence-electron chi connectivity index (χ0n) is 13.3. The summed E-state index contributed by atoms with van der Waals surface area (Å²) in [5.41, 5.74) is 0. The Kier molecular flexibility index (Phi) is 11.2. The average Bonchev–Trinajstić information content (AvgIpc) is 2.83. The summed E-state index contributed by atoms with van der Waals surface area (Å²) in [6.45, 7) is 7.36. The van der Waals surface area contributed by atoms with Crippen molar-refractivity contribution in [1.82, 2.24) is 9.55 Å². The molecule has 1 heterocycles. The molecule has 0 aromatic carbocycles. The molecule has 1 N–H and O–H groups in total. The van der Waals surface area contributed by atoms with Gasteiger partial charge in [-0.25, -0.2) is 9.17 Å². The van der Waals surface area contributed by atoms with Crippen molar-refractivity contribution < 1.29 is 17.2 Å². The molecule has 0 saturated carbocycles. The van der Waals surface area contributed by atoms with Crippen molar-refractivity contribution in [3.8, 4) is 0 Å². The van der Waals surface area contributed by atoms with E-state index in [2.05, 4.69) is 27.6 Å². The van der Waals surface area contributed by atoms with Gasteiger partial charge >= 0.3 is 10.4 Å². The van der Waals surface area contributed by atoms with Gasteiger partial charge in [0.05, 0.1) is 6.61 Å². The van der Waals surface area contributed by atoms with E-state index in [4.69, 9.17) is 4.55 Å². The van der Waals surface area contributed by atoms with Gasteiger partial charge in [-0.3, -0.25) is 4.55 Å². The summed E-state index contributed by atoms with van der Waals surface area (Å²) < 4.78 is 34.7. The molecule has 0 spiro atoms. The van der Waals surface area contributed by atoms with Gasteiger partial charge in [-0.1, -0.05) is 39.0 Å². The highest BCUT2D eigenvalue weighted by atomic mass is 32.3. The van der Waals surface area contributed by atoms with Gasteiger partial charge in [-0.2, -0.15) is 8.42 Å². The van der Waals surface area contributed by atoms with E-state index < -0.39 is 10.4 Å². The first-order chi connectivity index (χ1) is 9.90. The molecule has 0 bridgehead atoms. The third kappa shape index (κ3) is 12.5. The number of nitrogens with zero attached hydrogens (tertiary/aromatic N) is 2. The average molecular weight is 320 g/mol. The van der Waals surface area contributed by atoms with Crippen LogP contribution in [0.15, 0.2) is 12.4 Å². The van der Waals surface area contributed by atoms with Crippen LogP contribution in [0.3, 0.4) is 0 Å². The van der Waals surface area contributed by atoms with Gasteiger partial charge in [0.25, 0.3) is 0 Å². The summed E-state index contributed by atoms with van der Waals surface area (Å²) in [4.78, 5) is 4.05. The monoisotopic (exact) mass is 320 g/mol. The van der Waals surface area contributed by atoms with Gasteiger partial charge in [-0.05, 0) is 20.3 Å². The van der Waals surface area contributed by atoms with Gasteiger partial charge < -0.3 is 4.57 Å². The molecule has 124 valence electrons. The van der Waals surface area contributed by atoms with Crippen LogP contribution in [0.4, 0.5) is 0 Å². The van der Waals surface area contributed by atoms with E-state index in [1.54, 1.807) is 0 Å². The number of unbranched alkanes of at least 4 members (excludes halogenated alkanes) is 5. The highest BCUT2D eigenvalue weighted by Gasteiger charge is 2.02. The fourth-order valence-corrected chi connectivity index (χ4v) is 2.11. The van der Waals surface area contributed by atoms with Crippen LogP contribution in [0.25, 0.3) is 0 Å². The third-order valence-corrected chi connectivity index (χ3v) is 3.46. The van der Waals surface area contributed by atoms with Crippen molar-refractivity contribution in [3.05, 3.63) is 18.2 Å². The molecule has 21 heavy (non-hydrogen) atoms. The fraction of sp³-hybridized carbons (Fsp3) is 0.786. The predicted molar refractivity (Wildman–Crippen MR) is 83.5 cm³/mol. The molecule has 6 nitrogen and oxygen atoms in total. The van der Waals surface area contributed by atoms with Gasteiger partial charge in [0, 0.05) is 18.9 Å². The predicted octanol–water partition coefficient (Wildman–Crippen LogP) is 3.38. The number of rotatable bonds is 9. The summed E-state index contributed by atoms with van der Waals surface area (Å²) in [7, 11) is -4.22. The van der Waals surface area contributed by atoms with E-state index in [0.717, 1.165) is 25.2 Å². The Morgan fingerprint density at radius 1 is 1.19 bits per heavy atom. The highest BCUT2D eigenvalue weighted by Crippen LogP contribution is 2.05. The van der Waals surface area contributed by atoms with Crippen LogP contribution in [-0.4, -0.2) is 29.1 Å². The molecule has 0 aliphatic rings. The van der Waals surface area contributed by atoms with Crippen molar-refractivity contribution in [1.29, 1.82) is 0 Å². The lowest BCUT2D eigenvalue weighted by molar-refractivity contribution is 0.261. The minimum absolute atomic E-state index is 0.0883. The molecule has 0 saturated heterocycles. The summed E-state index contributed by atoms with van der Waals surface area (Å²) in [5.74, 6) is 1.09. The van der Waals surface area contributed by atoms with Crippen molar-refractivity contribution >= 4 is 10.4 Å². The number of imidazole rings is 1. The Bertz CT molecular complexity index is 457. The van der Waals surface area contributed by atoms with Gasteiger partial charge in [0.1, 0.15) is 5.82 Å². The largest absolute Gasteiger partial charge is 0.397 e. The molecule has 1 rings (SSSR count). The molecule has 0 unspecified atom stereocenters. The van der Waals surface area contributed by atoms with Gasteiger partial charge in [-0.15, -0.1) is 0 Å². The SMILES string of the molecule is CCCCCCCCOS(=O)(=O)O.CCn1ccnc1C. The fourth-order valence-electron chi connectivity index (χ4n) is 1.78. The van der Waals surface area contributed by atoms with E-state index in [1.165, 1.54) is 19.3 Å². The number of hydrogen-bond acceptors (Lipinski definition) is 4. The molecular weight excluding hydrogens is 292 g/mol. The normalized spacial score (nSPS) is 11.0. The standard InChI is InChI=1S/C8H18O4S.C6H10N2/c1-2-3-4-5-6-7-8-12-13(9,10)11;1-3-8-5-4-7-6(8)2/h2-8H2,1H3,(H,9,10,11);4-5H,3H2,1-2H3. The smallest absolute Gasteiger partial charge is 0.335 e. The molecule has 0 aliphatic heterocycles. The second-order valence-electron chi connectivity index (χ2n) is 4.78. The first kappa shape index (κ1) is 20.1. The van der Waals surface area contributed by atoms with E-state index in [-0.39, 0.29) is 6.61 Å². The molecule has 0 atom stereocenters. The highest BCUT2D eigenvalue weighted by molar-refractivity contribution is 7.80. The van der Waals surface area contributed by atoms with Crippen LogP contribution in [0.1, 0.15) is 58.2 Å². The first-order valence-corrected chi connectivity index (χ1v) is 8.86. The topological polar surface area (TPSA) is 81.4 Å². The minimum Gasteiger partial charge on any atom is -0.335 e. The minimum atomic E-state index is -4.22. The summed E-state index contributed by atoms with van der Waals surface area (Å²) in [6.07, 6.45) is 10.1. The maximum Gasteiger partial charge on any atom is 0.397 e. The molecule has 0 radical (unpaired) electrons. The van der Waals surface area contributed by atoms with Gasteiger partial charge in [0.15, 0.2) is 0 Å². The summed E-state index contributed by atoms with van der Waals surface area (Å²) in [6, 6.07) is 0. The van der Waals surface area contributed by atoms with Crippen molar-refractivity contribution in [2.24, 2.45) is 0 Å². The van der Waals surface area contributed by atoms with E-state index in [0.29, 0.717) is 6.42 Å². The zero-order chi connectivity index (χ0) is 16.1. The van der Waals surface area contributed by atoms with E-state index in [1.807, 2.05) is 19.3 Å². The van der Waals surface area contributed by atoms with Crippen LogP contribution in [0.2, 0.25) is 0 Å². The summed E-state index contributed by atoms with van der Waals surface area (Å²) >= 11 is 0. The molecule has 0 amide bonds. The lowest BCUT2D eigenvalue weighted by Gasteiger charge is -2.00. The Labute approximate surface area is 128 Å². The second kappa shape index (κ2) is 11.7. The van der Waals surface area contributed by atoms with Crippen molar-refractivity contribution in [3.63, 3.8) is 0 Å². The summed E-state index contributed by atoms with van der Waals surface area (Å²) in [5, 5.41) is 0. The Morgan fingerprint density at radius 3 is 2.24 bits per heavy atom. The maximum absolute atomic E-state index is 10.1. The number of hydrogen-bond donors (Lipinski definition) is 1. The Balaban J connectivity index is 0.000000423. The molecule has 7 heteroatoms. The van der Waals surface area contributed by atoms with Crippen molar-refractivity contribution in [2.45, 2.75) is 65.8 Å². The second-order valence-corrected chi connectivity index (χ2v) is 5.87. The quantitative estimate of drug-likeness (QED) is 0.557. The number of aryl methyl sites for hydroxylation is 2. The first-order valence-electron chi connectivity index (χ1n) is 7.50. The van der Waals surface area contributed by atoms with E-state index >= 15 is 0 Å². The van der Waals surface area contributed by atoms with Gasteiger partial charge in [0.2, 0.25) is 0 Å². The molecular formula is C14H28N2O4S. The molecule has 1 aromatic rings. The lowest BCUT2D eigenvalue weighted by Crippen LogP contribution is -2.04. The van der Waals surface area contributed by atoms with Crippen LogP contribution in [0, 0.1) is 6.92 Å². The van der Waals surface area contributed by atoms with E-state index in [9.17, 15) is 8.42 Å². The molecule has 0 fully saturated rings. The zero-order valence-corrected chi connectivity index (χ0v) is 14.1. The molecule has 1 aromatic heterocycles. The van der Waals surface area contributed by atoms with Crippen LogP contribution in [-0.2, 0) is 21.1 Å². The van der Waals surface area contributed by atoms with Crippen LogP contribution >= 0.6 is 0 Å². The number of aromatic nitrogens is 2. The van der Waals surface area contributed by atoms with Crippen molar-refractivity contribution in [2.75, 3.05) is 6.61 Å². The molecule has 0 aliphatic carbocycles. The lowest BCUT2D eigenvalue weighted by atomic mass is 10.1. The maximum atomic E-state index is 10.1. The Morgan fingerprint density at radius 2 is 1.81 bits per heavy atom. The third-order valence-electron chi connectivity index (χ3n) is 2.99. The van der Waals surface area contributed by atoms with Crippen LogP contribution in [0.5, 0.6) is 0 Å².